The Kier molecular flexibility index (Phi) is 8.44. The van der Waals surface area contributed by atoms with Gasteiger partial charge in [0, 0.05) is 44.6 Å². The number of hydrogen-bond donors (Lipinski definition) is 2. The van der Waals surface area contributed by atoms with Crippen molar-refractivity contribution in [1.82, 2.24) is 0 Å². The third-order valence-electron chi connectivity index (χ3n) is 4.79. The van der Waals surface area contributed by atoms with E-state index in [0.29, 0.717) is 6.54 Å². The number of anilines is 2. The molecule has 2 rings (SSSR count). The van der Waals surface area contributed by atoms with Crippen LogP contribution in [0, 0.1) is 0 Å². The van der Waals surface area contributed by atoms with Crippen LogP contribution in [0.25, 0.3) is 12.2 Å². The molecule has 0 bridgehead atoms. The summed E-state index contributed by atoms with van der Waals surface area (Å²) in [4.78, 5) is 16.3. The number of ketones is 1. The Labute approximate surface area is 178 Å². The predicted octanol–water partition coefficient (Wildman–Crippen LogP) is 4.31. The van der Waals surface area contributed by atoms with Crippen LogP contribution in [0.5, 0.6) is 0 Å². The summed E-state index contributed by atoms with van der Waals surface area (Å²) < 4.78 is 0. The summed E-state index contributed by atoms with van der Waals surface area (Å²) in [5.74, 6) is -0.302. The molecule has 0 aliphatic heterocycles. The molecule has 0 atom stereocenters. The van der Waals surface area contributed by atoms with Crippen LogP contribution in [0.1, 0.15) is 18.1 Å². The zero-order chi connectivity index (χ0) is 22.1. The van der Waals surface area contributed by atoms with Gasteiger partial charge >= 0.3 is 0 Å². The van der Waals surface area contributed by atoms with E-state index in [1.54, 1.807) is 19.1 Å². The van der Waals surface area contributed by atoms with Crippen molar-refractivity contribution >= 4 is 29.3 Å². The number of rotatable bonds is 9. The summed E-state index contributed by atoms with van der Waals surface area (Å²) in [6.45, 7) is 2.27. The van der Waals surface area contributed by atoms with Crippen molar-refractivity contribution in [2.75, 3.05) is 44.1 Å². The second-order valence-corrected chi connectivity index (χ2v) is 7.26. The maximum absolute atomic E-state index is 12.4. The van der Waals surface area contributed by atoms with Gasteiger partial charge in [0.15, 0.2) is 5.78 Å². The molecule has 5 heteroatoms. The topological polar surface area (TPSA) is 64.0 Å². The molecule has 0 amide bonds. The number of hydrogen-bond acceptors (Lipinski definition) is 5. The number of allylic oxidation sites excluding steroid dienone is 3. The van der Waals surface area contributed by atoms with Crippen LogP contribution < -0.4 is 9.80 Å². The molecule has 30 heavy (non-hydrogen) atoms. The average molecular weight is 407 g/mol. The van der Waals surface area contributed by atoms with Crippen molar-refractivity contribution in [2.24, 2.45) is 0 Å². The number of carbonyl (C=O) groups is 1. The summed E-state index contributed by atoms with van der Waals surface area (Å²) in [5.41, 5.74) is 4.19. The zero-order valence-corrected chi connectivity index (χ0v) is 18.0. The minimum atomic E-state index is -0.241. The minimum Gasteiger partial charge on any atom is -0.508 e. The van der Waals surface area contributed by atoms with E-state index < -0.39 is 0 Å². The molecule has 0 aromatic heterocycles. The van der Waals surface area contributed by atoms with Gasteiger partial charge < -0.3 is 20.0 Å². The third-order valence-corrected chi connectivity index (χ3v) is 4.79. The smallest absolute Gasteiger partial charge is 0.185 e. The van der Waals surface area contributed by atoms with Crippen molar-refractivity contribution in [3.05, 3.63) is 83.1 Å². The van der Waals surface area contributed by atoms with Crippen LogP contribution in [0.4, 0.5) is 11.4 Å². The summed E-state index contributed by atoms with van der Waals surface area (Å²) in [5, 5.41) is 19.3. The Morgan fingerprint density at radius 1 is 0.867 bits per heavy atom. The predicted molar refractivity (Wildman–Crippen MR) is 126 cm³/mol. The van der Waals surface area contributed by atoms with Gasteiger partial charge in [-0.1, -0.05) is 36.4 Å². The molecule has 2 N–H and O–H groups in total. The van der Waals surface area contributed by atoms with Gasteiger partial charge in [0.25, 0.3) is 0 Å². The van der Waals surface area contributed by atoms with Gasteiger partial charge in [-0.2, -0.15) is 0 Å². The monoisotopic (exact) mass is 406 g/mol. The Morgan fingerprint density at radius 3 is 1.87 bits per heavy atom. The highest BCUT2D eigenvalue weighted by Gasteiger charge is 2.05. The zero-order valence-electron chi connectivity index (χ0n) is 18.0. The number of aliphatic hydroxyl groups is 2. The van der Waals surface area contributed by atoms with Gasteiger partial charge in [0.1, 0.15) is 5.76 Å². The lowest BCUT2D eigenvalue weighted by Gasteiger charge is -2.17. The quantitative estimate of drug-likeness (QED) is 0.369. The first kappa shape index (κ1) is 23.0. The van der Waals surface area contributed by atoms with Crippen LogP contribution in [0.2, 0.25) is 0 Å². The van der Waals surface area contributed by atoms with E-state index in [2.05, 4.69) is 0 Å². The van der Waals surface area contributed by atoms with E-state index in [1.165, 1.54) is 12.2 Å². The highest BCUT2D eigenvalue weighted by molar-refractivity contribution is 6.06. The summed E-state index contributed by atoms with van der Waals surface area (Å²) in [6.07, 6.45) is 6.49. The fourth-order valence-electron chi connectivity index (χ4n) is 2.73. The van der Waals surface area contributed by atoms with Gasteiger partial charge in [0.2, 0.25) is 0 Å². The third kappa shape index (κ3) is 6.64. The number of carbonyl (C=O) groups excluding carboxylic acids is 1. The largest absolute Gasteiger partial charge is 0.508 e. The van der Waals surface area contributed by atoms with Crippen LogP contribution in [0.3, 0.4) is 0 Å². The number of benzene rings is 2. The SMILES string of the molecule is C/C(C(=O)/C=C/c1ccc(N(C)C)cc1)=C(O)\C=C\c1ccc(N(C)CCO)cc1. The Bertz CT molecular complexity index is 924. The molecule has 0 aliphatic carbocycles. The van der Waals surface area contributed by atoms with E-state index in [-0.39, 0.29) is 23.7 Å². The Hall–Kier alpha value is -3.31. The van der Waals surface area contributed by atoms with Crippen molar-refractivity contribution in [3.8, 4) is 0 Å². The van der Waals surface area contributed by atoms with Gasteiger partial charge in [-0.05, 0) is 54.5 Å². The standard InChI is InChI=1S/C25H30N2O3/c1-19(24(29)15-9-20-5-11-22(12-6-20)26(2)3)25(30)16-10-21-7-13-23(14-8-21)27(4)17-18-28/h5-16,28,30H,17-18H2,1-4H3/b15-9+,16-10+,25-19-. The average Bonchev–Trinajstić information content (AvgIpc) is 2.76. The molecule has 0 radical (unpaired) electrons. The van der Waals surface area contributed by atoms with Crippen LogP contribution >= 0.6 is 0 Å². The lowest BCUT2D eigenvalue weighted by molar-refractivity contribution is -0.111. The van der Waals surface area contributed by atoms with Crippen molar-refractivity contribution in [1.29, 1.82) is 0 Å². The lowest BCUT2D eigenvalue weighted by Crippen LogP contribution is -2.20. The molecule has 5 nitrogen and oxygen atoms in total. The maximum Gasteiger partial charge on any atom is 0.185 e. The molecule has 0 fully saturated rings. The van der Waals surface area contributed by atoms with E-state index in [9.17, 15) is 9.90 Å². The van der Waals surface area contributed by atoms with Crippen LogP contribution in [-0.4, -0.2) is 50.3 Å². The molecule has 2 aromatic rings. The molecule has 0 saturated heterocycles. The highest BCUT2D eigenvalue weighted by atomic mass is 16.3. The van der Waals surface area contributed by atoms with E-state index in [1.807, 2.05) is 79.5 Å². The van der Waals surface area contributed by atoms with Crippen LogP contribution in [0.15, 0.2) is 72.0 Å². The fraction of sp³-hybridized carbons (Fsp3) is 0.240. The summed E-state index contributed by atoms with van der Waals surface area (Å²) in [7, 11) is 5.86. The second-order valence-electron chi connectivity index (χ2n) is 7.26. The minimum absolute atomic E-state index is 0.0610. The first-order chi connectivity index (χ1) is 14.3. The highest BCUT2D eigenvalue weighted by Crippen LogP contribution is 2.16. The molecule has 0 spiro atoms. The number of nitrogens with zero attached hydrogens (tertiary/aromatic N) is 2. The molecule has 2 aromatic carbocycles. The van der Waals surface area contributed by atoms with E-state index >= 15 is 0 Å². The summed E-state index contributed by atoms with van der Waals surface area (Å²) in [6, 6.07) is 15.6. The van der Waals surface area contributed by atoms with E-state index in [4.69, 9.17) is 5.11 Å². The molecule has 0 unspecified atom stereocenters. The molecular formula is C25H30N2O3. The van der Waals surface area contributed by atoms with Gasteiger partial charge in [-0.3, -0.25) is 4.79 Å². The number of aliphatic hydroxyl groups excluding tert-OH is 2. The molecule has 158 valence electrons. The second kappa shape index (κ2) is 11.0. The van der Waals surface area contributed by atoms with Crippen molar-refractivity contribution in [3.63, 3.8) is 0 Å². The lowest BCUT2D eigenvalue weighted by atomic mass is 10.1. The normalized spacial score (nSPS) is 12.3. The maximum atomic E-state index is 12.4. The summed E-state index contributed by atoms with van der Waals surface area (Å²) >= 11 is 0. The molecule has 0 heterocycles. The van der Waals surface area contributed by atoms with Gasteiger partial charge in [-0.15, -0.1) is 0 Å². The van der Waals surface area contributed by atoms with Gasteiger partial charge in [-0.25, -0.2) is 0 Å². The Morgan fingerprint density at radius 2 is 1.37 bits per heavy atom. The molecule has 0 aliphatic rings. The van der Waals surface area contributed by atoms with E-state index in [0.717, 1.165) is 22.5 Å². The Balaban J connectivity index is 2.03. The molecule has 0 saturated carbocycles. The molecular weight excluding hydrogens is 376 g/mol. The fourth-order valence-corrected chi connectivity index (χ4v) is 2.73. The van der Waals surface area contributed by atoms with Crippen LogP contribution in [-0.2, 0) is 4.79 Å². The van der Waals surface area contributed by atoms with Gasteiger partial charge in [0.05, 0.1) is 6.61 Å². The number of likely N-dealkylation sites (N-methyl/N-ethyl adjacent to an activating group) is 1. The van der Waals surface area contributed by atoms with Crippen molar-refractivity contribution < 1.29 is 15.0 Å². The first-order valence-electron chi connectivity index (χ1n) is 9.81. The van der Waals surface area contributed by atoms with Crippen molar-refractivity contribution in [2.45, 2.75) is 6.92 Å². The first-order valence-corrected chi connectivity index (χ1v) is 9.81.